The number of hydrogen-bond acceptors (Lipinski definition) is 2. The van der Waals surface area contributed by atoms with Gasteiger partial charge in [0.15, 0.2) is 0 Å². The summed E-state index contributed by atoms with van der Waals surface area (Å²) in [5.41, 5.74) is 28.6. The van der Waals surface area contributed by atoms with Crippen molar-refractivity contribution in [2.45, 2.75) is 131 Å². The van der Waals surface area contributed by atoms with E-state index in [0.29, 0.717) is 5.69 Å². The maximum atomic E-state index is 9.94. The van der Waals surface area contributed by atoms with Crippen molar-refractivity contribution in [3.8, 4) is 83.6 Å². The van der Waals surface area contributed by atoms with Crippen molar-refractivity contribution < 1.29 is 11.0 Å². The summed E-state index contributed by atoms with van der Waals surface area (Å²) in [5.74, 6) is 0. The highest BCUT2D eigenvalue weighted by Crippen LogP contribution is 2.55. The molecule has 0 saturated heterocycles. The first-order valence-corrected chi connectivity index (χ1v) is 38.1. The molecule has 0 N–H and O–H groups in total. The van der Waals surface area contributed by atoms with Gasteiger partial charge in [0.1, 0.15) is 0 Å². The largest absolute Gasteiger partial charge is 0.310 e. The molecular formula is C104H96BN3. The minimum absolute atomic E-state index is 0.0120. The molecule has 15 aromatic rings. The van der Waals surface area contributed by atoms with Gasteiger partial charge in [0.05, 0.1) is 33.4 Å². The molecule has 0 radical (unpaired) electrons. The van der Waals surface area contributed by atoms with Crippen LogP contribution in [0.2, 0.25) is 0 Å². The Morgan fingerprint density at radius 2 is 0.611 bits per heavy atom. The molecule has 2 aliphatic rings. The minimum atomic E-state index is -0.528. The van der Waals surface area contributed by atoms with Gasteiger partial charge in [-0.05, 0) is 188 Å². The maximum absolute atomic E-state index is 9.94. The fourth-order valence-corrected chi connectivity index (χ4v) is 16.4. The molecule has 0 atom stereocenters. The Labute approximate surface area is 652 Å². The molecule has 0 saturated carbocycles. The molecule has 0 fully saturated rings. The van der Waals surface area contributed by atoms with Crippen LogP contribution in [0.25, 0.3) is 105 Å². The van der Waals surface area contributed by atoms with Crippen molar-refractivity contribution in [1.82, 2.24) is 4.57 Å². The van der Waals surface area contributed by atoms with Gasteiger partial charge in [-0.1, -0.05) is 352 Å². The molecule has 17 rings (SSSR count). The van der Waals surface area contributed by atoms with E-state index in [2.05, 4.69) is 368 Å². The summed E-state index contributed by atoms with van der Waals surface area (Å²) in [6.45, 7) is 33.4. The molecule has 0 unspecified atom stereocenters. The zero-order valence-electron chi connectivity index (χ0n) is 72.7. The van der Waals surface area contributed by atoms with Gasteiger partial charge in [0.25, 0.3) is 6.71 Å². The van der Waals surface area contributed by atoms with Crippen molar-refractivity contribution in [1.29, 1.82) is 0 Å². The van der Waals surface area contributed by atoms with Crippen LogP contribution in [-0.2, 0) is 27.1 Å². The molecule has 530 valence electrons. The van der Waals surface area contributed by atoms with Gasteiger partial charge in [-0.2, -0.15) is 0 Å². The lowest BCUT2D eigenvalue weighted by atomic mass is 9.33. The number of fused-ring (bicyclic) bond motifs is 7. The molecule has 0 spiro atoms. The summed E-state index contributed by atoms with van der Waals surface area (Å²) in [6, 6.07) is 92.9. The van der Waals surface area contributed by atoms with Crippen molar-refractivity contribution in [3.05, 3.63) is 337 Å². The maximum Gasteiger partial charge on any atom is 0.252 e. The first-order chi connectivity index (χ1) is 55.0. The molecule has 3 heterocycles. The zero-order valence-corrected chi connectivity index (χ0v) is 64.7. The smallest absolute Gasteiger partial charge is 0.252 e. The van der Waals surface area contributed by atoms with E-state index < -0.39 is 48.4 Å². The monoisotopic (exact) mass is 1410 g/mol. The lowest BCUT2D eigenvalue weighted by molar-refractivity contribution is 0.590. The molecular weight excluding hydrogens is 1300 g/mol. The second-order valence-electron chi connectivity index (χ2n) is 34.8. The average Bonchev–Trinajstić information content (AvgIpc) is 0.960. The van der Waals surface area contributed by atoms with E-state index in [-0.39, 0.29) is 55.6 Å². The number of anilines is 6. The minimum Gasteiger partial charge on any atom is -0.310 e. The number of aromatic nitrogens is 1. The number of nitrogens with zero attached hydrogens (tertiary/aromatic N) is 3. The Bertz CT molecular complexity index is 6180. The quantitative estimate of drug-likeness (QED) is 0.126. The third-order valence-corrected chi connectivity index (χ3v) is 22.5. The van der Waals surface area contributed by atoms with Crippen LogP contribution in [-0.4, -0.2) is 11.3 Å². The Kier molecular flexibility index (Phi) is 14.7. The summed E-state index contributed by atoms with van der Waals surface area (Å²) in [5, 5.41) is 0.0240. The molecule has 0 amide bonds. The van der Waals surface area contributed by atoms with Crippen LogP contribution >= 0.6 is 0 Å². The van der Waals surface area contributed by atoms with E-state index in [9.17, 15) is 8.22 Å². The fourth-order valence-electron chi connectivity index (χ4n) is 16.4. The zero-order chi connectivity index (χ0) is 81.9. The van der Waals surface area contributed by atoms with Crippen LogP contribution in [0.4, 0.5) is 34.1 Å². The molecule has 14 aromatic carbocycles. The fraction of sp³-hybridized carbons (Fsp3) is 0.192. The Balaban J connectivity index is 1.07. The molecule has 2 aliphatic heterocycles. The van der Waals surface area contributed by atoms with Crippen molar-refractivity contribution >= 4 is 79.0 Å². The van der Waals surface area contributed by atoms with E-state index in [1.54, 1.807) is 4.57 Å². The summed E-state index contributed by atoms with van der Waals surface area (Å²) in [4.78, 5) is 5.08. The second-order valence-corrected chi connectivity index (χ2v) is 34.8. The molecule has 0 bridgehead atoms. The van der Waals surface area contributed by atoms with Gasteiger partial charge in [0, 0.05) is 61.5 Å². The third-order valence-electron chi connectivity index (χ3n) is 22.5. The number of hydrogen-bond donors (Lipinski definition) is 0. The van der Waals surface area contributed by atoms with Gasteiger partial charge in [-0.15, -0.1) is 0 Å². The van der Waals surface area contributed by atoms with E-state index >= 15 is 0 Å². The van der Waals surface area contributed by atoms with Crippen LogP contribution in [0, 0.1) is 0 Å². The average molecular weight is 1410 g/mol. The van der Waals surface area contributed by atoms with E-state index in [4.69, 9.17) is 2.74 Å². The molecule has 0 aliphatic carbocycles. The predicted molar refractivity (Wildman–Crippen MR) is 466 cm³/mol. The van der Waals surface area contributed by atoms with Gasteiger partial charge >= 0.3 is 0 Å². The van der Waals surface area contributed by atoms with Crippen LogP contribution in [0.1, 0.15) is 143 Å². The normalized spacial score (nSPS) is 14.1. The molecule has 108 heavy (non-hydrogen) atoms. The highest BCUT2D eigenvalue weighted by Gasteiger charge is 2.46. The van der Waals surface area contributed by atoms with Gasteiger partial charge in [-0.25, -0.2) is 0 Å². The Hall–Kier alpha value is -11.5. The molecule has 3 nitrogen and oxygen atoms in total. The van der Waals surface area contributed by atoms with Crippen molar-refractivity contribution in [3.63, 3.8) is 0 Å². The Morgan fingerprint density at radius 3 is 0.991 bits per heavy atom. The first kappa shape index (κ1) is 60.7. The Morgan fingerprint density at radius 1 is 0.259 bits per heavy atom. The molecule has 4 heteroatoms. The van der Waals surface area contributed by atoms with Gasteiger partial charge in [-0.3, -0.25) is 0 Å². The summed E-state index contributed by atoms with van der Waals surface area (Å²) in [7, 11) is 0. The van der Waals surface area contributed by atoms with Crippen LogP contribution in [0.15, 0.2) is 309 Å². The number of rotatable bonds is 10. The van der Waals surface area contributed by atoms with Gasteiger partial charge < -0.3 is 14.4 Å². The number of benzene rings is 14. The number of para-hydroxylation sites is 4. The second kappa shape index (κ2) is 26.2. The lowest BCUT2D eigenvalue weighted by Gasteiger charge is -2.46. The lowest BCUT2D eigenvalue weighted by Crippen LogP contribution is -2.61. The van der Waals surface area contributed by atoms with Gasteiger partial charge in [0.2, 0.25) is 0 Å². The summed E-state index contributed by atoms with van der Waals surface area (Å²) < 4.78 is 77.9. The topological polar surface area (TPSA) is 11.4 Å². The van der Waals surface area contributed by atoms with Crippen LogP contribution in [0.3, 0.4) is 0 Å². The predicted octanol–water partition coefficient (Wildman–Crippen LogP) is 27.0. The standard InChI is InChI=1S/C104H96BN3/c1-100(2,3)77-49-40-69(41-50-77)83-34-26-35-84(70-42-51-78(52-43-70)101(4,5)6)98(83)107-93-59-48-73(76-61-74(67-28-18-16-19-29-67)60-75(62-76)68-30-20-17-21-31-68)63-90(93)105-89-58-57-82(106-91-38-24-22-32-87(91)88-33-23-25-39-92(88)106)66-94(89)108(96-65-81(104(13,14)15)64-95(107)97(96)105)99-85(71-44-53-79(54-45-71)102(7,8)9)36-27-37-86(99)72-46-55-80(56-47-72)103(10,11)12/h16-66H,1-15H3/i22D,23D,24D,25D,32D,33D,38D,39D. The van der Waals surface area contributed by atoms with E-state index in [1.165, 1.54) is 22.3 Å². The van der Waals surface area contributed by atoms with E-state index in [1.807, 2.05) is 6.07 Å². The van der Waals surface area contributed by atoms with Crippen LogP contribution in [0.5, 0.6) is 0 Å². The van der Waals surface area contributed by atoms with Crippen molar-refractivity contribution in [2.75, 3.05) is 9.80 Å². The highest BCUT2D eigenvalue weighted by molar-refractivity contribution is 7.00. The highest BCUT2D eigenvalue weighted by atomic mass is 15.2. The SMILES string of the molecule is [2H]c1c([2H])c([2H])c2c(c1[2H])c1c([2H])c([2H])c([2H])c([2H])c1n2-c1ccc2c(c1)N(c1c(-c3ccc(C(C)(C)C)cc3)cccc1-c1ccc(C(C)(C)C)cc1)c1cc(C(C)(C)C)cc3c1B2c1cc(-c2cc(-c4ccccc4)cc(-c4ccccc4)c2)ccc1N3c1c(-c2ccc(C(C)(C)C)cc2)cccc1-c1ccc(C(C)(C)C)cc1. The third kappa shape index (κ3) is 12.4. The van der Waals surface area contributed by atoms with Crippen LogP contribution < -0.4 is 26.2 Å². The summed E-state index contributed by atoms with van der Waals surface area (Å²) in [6.07, 6.45) is 0. The summed E-state index contributed by atoms with van der Waals surface area (Å²) >= 11 is 0. The van der Waals surface area contributed by atoms with E-state index in [0.717, 1.165) is 134 Å². The molecule has 1 aromatic heterocycles. The van der Waals surface area contributed by atoms with Crippen molar-refractivity contribution in [2.24, 2.45) is 0 Å². The first-order valence-electron chi connectivity index (χ1n) is 42.1.